The number of aromatic nitrogens is 3. The summed E-state index contributed by atoms with van der Waals surface area (Å²) < 4.78 is 3.70. The number of nitrogens with one attached hydrogen (secondary N) is 6. The molecule has 0 radical (unpaired) electrons. The minimum Gasteiger partial charge on any atom is -0.355 e. The lowest BCUT2D eigenvalue weighted by Crippen LogP contribution is -2.33. The molecule has 0 fully saturated rings. The van der Waals surface area contributed by atoms with Gasteiger partial charge < -0.3 is 40.5 Å². The number of H-pyrrole nitrogens is 1. The van der Waals surface area contributed by atoms with Crippen LogP contribution in [0.15, 0.2) is 77.6 Å². The second-order valence-corrected chi connectivity index (χ2v) is 12.7. The van der Waals surface area contributed by atoms with Crippen molar-refractivity contribution >= 4 is 53.1 Å². The summed E-state index contributed by atoms with van der Waals surface area (Å²) in [6.07, 6.45) is 8.13. The highest BCUT2D eigenvalue weighted by molar-refractivity contribution is 6.39. The molecule has 5 aromatic rings. The molecule has 0 saturated heterocycles. The van der Waals surface area contributed by atoms with Crippen LogP contribution in [0.4, 0.5) is 0 Å². The third-order valence-corrected chi connectivity index (χ3v) is 8.95. The fourth-order valence-electron chi connectivity index (χ4n) is 5.69. The number of hydrogen-bond donors (Lipinski definition) is 6. The molecule has 2 aromatic carbocycles. The van der Waals surface area contributed by atoms with Crippen LogP contribution < -0.4 is 32.1 Å². The summed E-state index contributed by atoms with van der Waals surface area (Å²) in [5, 5.41) is 15.6. The molecule has 0 saturated carbocycles. The van der Waals surface area contributed by atoms with Gasteiger partial charge in [0.15, 0.2) is 0 Å². The van der Waals surface area contributed by atoms with Crippen molar-refractivity contribution in [2.45, 2.75) is 27.3 Å². The fourth-order valence-corrected chi connectivity index (χ4v) is 6.37. The molecular formula is C37H40Cl2N8O4. The molecule has 0 aliphatic rings. The quantitative estimate of drug-likeness (QED) is 0.0648. The van der Waals surface area contributed by atoms with Crippen molar-refractivity contribution < 1.29 is 14.4 Å². The van der Waals surface area contributed by atoms with Crippen LogP contribution in [-0.2, 0) is 20.9 Å². The van der Waals surface area contributed by atoms with Gasteiger partial charge in [-0.1, -0.05) is 59.6 Å². The predicted octanol–water partition coefficient (Wildman–Crippen LogP) is 4.54. The van der Waals surface area contributed by atoms with E-state index in [0.29, 0.717) is 72.6 Å². The first-order valence-corrected chi connectivity index (χ1v) is 17.1. The fraction of sp³-hybridized carbons (Fsp3) is 0.243. The van der Waals surface area contributed by atoms with Crippen LogP contribution in [0.3, 0.4) is 0 Å². The van der Waals surface area contributed by atoms with Crippen LogP contribution in [-0.4, -0.2) is 64.9 Å². The molecule has 3 heterocycles. The zero-order valence-corrected chi connectivity index (χ0v) is 30.0. The molecule has 3 amide bonds. The van der Waals surface area contributed by atoms with E-state index in [2.05, 4.69) is 31.6 Å². The number of aryl methyl sites for hydroxylation is 1. The molecule has 0 bridgehead atoms. The number of fused-ring (bicyclic) bond motifs is 1. The number of carbonyl (C=O) groups is 3. The number of benzene rings is 2. The Hall–Kier alpha value is -5.14. The lowest BCUT2D eigenvalue weighted by Gasteiger charge is -2.13. The average molecular weight is 732 g/mol. The van der Waals surface area contributed by atoms with Gasteiger partial charge in [-0.3, -0.25) is 19.2 Å². The number of nitrogens with zero attached hydrogens (tertiary/aromatic N) is 2. The molecule has 0 unspecified atom stereocenters. The maximum atomic E-state index is 13.0. The lowest BCUT2D eigenvalue weighted by molar-refractivity contribution is -0.119. The molecule has 0 atom stereocenters. The molecule has 3 aromatic heterocycles. The average Bonchev–Trinajstić information content (AvgIpc) is 3.68. The topological polar surface area (TPSA) is 154 Å². The van der Waals surface area contributed by atoms with Gasteiger partial charge in [0, 0.05) is 128 Å². The third kappa shape index (κ3) is 9.35. The number of amides is 3. The number of rotatable bonds is 16. The summed E-state index contributed by atoms with van der Waals surface area (Å²) in [6, 6.07) is 15.4. The van der Waals surface area contributed by atoms with Gasteiger partial charge in [0.1, 0.15) is 5.52 Å². The van der Waals surface area contributed by atoms with Crippen LogP contribution in [0.25, 0.3) is 45.1 Å². The van der Waals surface area contributed by atoms with Gasteiger partial charge >= 0.3 is 0 Å². The summed E-state index contributed by atoms with van der Waals surface area (Å²) in [5.74, 6) is -0.194. The largest absolute Gasteiger partial charge is 0.355 e. The van der Waals surface area contributed by atoms with E-state index in [1.54, 1.807) is 10.5 Å². The van der Waals surface area contributed by atoms with Gasteiger partial charge in [-0.25, -0.2) is 0 Å². The number of carbonyl (C=O) groups excluding carboxylic acids is 3. The summed E-state index contributed by atoms with van der Waals surface area (Å²) in [4.78, 5) is 49.4. The normalized spacial score (nSPS) is 11.5. The molecule has 5 rings (SSSR count). The highest BCUT2D eigenvalue weighted by atomic mass is 35.5. The van der Waals surface area contributed by atoms with Crippen LogP contribution >= 0.6 is 23.2 Å². The number of aromatic amines is 1. The zero-order chi connectivity index (χ0) is 36.5. The monoisotopic (exact) mass is 730 g/mol. The molecule has 12 nitrogen and oxygen atoms in total. The maximum absolute atomic E-state index is 13.0. The first kappa shape index (κ1) is 37.1. The van der Waals surface area contributed by atoms with Crippen LogP contribution in [0.1, 0.15) is 25.2 Å². The highest BCUT2D eigenvalue weighted by Crippen LogP contribution is 2.42. The van der Waals surface area contributed by atoms with Gasteiger partial charge in [0.25, 0.3) is 5.56 Å². The van der Waals surface area contributed by atoms with Gasteiger partial charge in [0.05, 0.1) is 10.0 Å². The summed E-state index contributed by atoms with van der Waals surface area (Å²) in [7, 11) is 0. The van der Waals surface area contributed by atoms with Crippen molar-refractivity contribution in [3.8, 4) is 33.4 Å². The van der Waals surface area contributed by atoms with Crippen molar-refractivity contribution in [3.63, 3.8) is 0 Å². The third-order valence-electron chi connectivity index (χ3n) is 8.13. The van der Waals surface area contributed by atoms with E-state index in [1.807, 2.05) is 78.7 Å². The molecule has 266 valence electrons. The Morgan fingerprint density at radius 3 is 2.00 bits per heavy atom. The minimum atomic E-state index is -0.227. The lowest BCUT2D eigenvalue weighted by atomic mass is 9.97. The van der Waals surface area contributed by atoms with Gasteiger partial charge in [-0.2, -0.15) is 0 Å². The Bertz CT molecular complexity index is 2150. The molecule has 14 heteroatoms. The van der Waals surface area contributed by atoms with Gasteiger partial charge in [-0.15, -0.1) is 0 Å². The van der Waals surface area contributed by atoms with Gasteiger partial charge in [0.2, 0.25) is 18.2 Å². The Morgan fingerprint density at radius 1 is 0.804 bits per heavy atom. The van der Waals surface area contributed by atoms with Crippen LogP contribution in [0.2, 0.25) is 10.0 Å². The molecule has 0 aliphatic heterocycles. The SMILES string of the molecule is CC(=O)NCCNC/C(=C/n1cc(-c2cccc(-c3cccc(-c4cc5c(=O)[nH]c(CNCCNC(C)=O)cn5c4)c3Cl)c2Cl)cc1C)NC=O. The Balaban J connectivity index is 1.39. The summed E-state index contributed by atoms with van der Waals surface area (Å²) >= 11 is 14.2. The zero-order valence-electron chi connectivity index (χ0n) is 28.5. The molecule has 0 aliphatic carbocycles. The first-order chi connectivity index (χ1) is 24.5. The smallest absolute Gasteiger partial charge is 0.272 e. The Kier molecular flexibility index (Phi) is 12.5. The van der Waals surface area contributed by atoms with E-state index in [4.69, 9.17) is 23.2 Å². The van der Waals surface area contributed by atoms with Crippen molar-refractivity contribution in [1.29, 1.82) is 0 Å². The first-order valence-electron chi connectivity index (χ1n) is 16.4. The minimum absolute atomic E-state index is 0.0928. The Labute approximate surface area is 305 Å². The van der Waals surface area contributed by atoms with Crippen molar-refractivity contribution in [2.75, 3.05) is 32.7 Å². The van der Waals surface area contributed by atoms with E-state index < -0.39 is 0 Å². The molecule has 6 N–H and O–H groups in total. The predicted molar refractivity (Wildman–Crippen MR) is 202 cm³/mol. The summed E-state index contributed by atoms with van der Waals surface area (Å²) in [5.41, 5.74) is 7.24. The molecular weight excluding hydrogens is 691 g/mol. The van der Waals surface area contributed by atoms with Crippen molar-refractivity contribution in [1.82, 2.24) is 40.5 Å². The molecule has 0 spiro atoms. The molecule has 51 heavy (non-hydrogen) atoms. The van der Waals surface area contributed by atoms with Gasteiger partial charge in [-0.05, 0) is 19.1 Å². The number of halogens is 2. The maximum Gasteiger partial charge on any atom is 0.272 e. The second-order valence-electron chi connectivity index (χ2n) is 12.0. The number of hydrogen-bond acceptors (Lipinski definition) is 6. The van der Waals surface area contributed by atoms with E-state index >= 15 is 0 Å². The second kappa shape index (κ2) is 17.2. The van der Waals surface area contributed by atoms with E-state index in [0.717, 1.165) is 39.1 Å². The van der Waals surface area contributed by atoms with Crippen LogP contribution in [0, 0.1) is 6.92 Å². The highest BCUT2D eigenvalue weighted by Gasteiger charge is 2.18. The van der Waals surface area contributed by atoms with E-state index in [-0.39, 0.29) is 17.4 Å². The van der Waals surface area contributed by atoms with Crippen molar-refractivity contribution in [3.05, 3.63) is 105 Å². The summed E-state index contributed by atoms with van der Waals surface area (Å²) in [6.45, 7) is 7.78. The van der Waals surface area contributed by atoms with Crippen molar-refractivity contribution in [2.24, 2.45) is 0 Å². The standard InChI is InChI=1S/C37H40Cl2N8O4/c1-23-14-26(18-46(23)20-28(44-22-48)16-40-10-12-42-24(2)49)30-6-4-8-32(35(30)38)33-9-5-7-31(36(33)39)27-15-34-37(51)45-29(21-47(34)19-27)17-41-11-13-43-25(3)50/h4-9,14-15,18-22,40-41H,10-13,16-17H2,1-3H3,(H,42,49)(H,43,50)(H,44,48)(H,45,51)/b28-20-. The Morgan fingerprint density at radius 2 is 1.39 bits per heavy atom. The van der Waals surface area contributed by atoms with E-state index in [9.17, 15) is 19.2 Å². The van der Waals surface area contributed by atoms with E-state index in [1.165, 1.54) is 13.8 Å². The van der Waals surface area contributed by atoms with Crippen LogP contribution in [0.5, 0.6) is 0 Å².